The third kappa shape index (κ3) is 4.41. The smallest absolute Gasteiger partial charge is 0.409 e. The van der Waals surface area contributed by atoms with Gasteiger partial charge in [0.05, 0.1) is 17.3 Å². The molecular weight excluding hydrogens is 515 g/mol. The Labute approximate surface area is 220 Å². The largest absolute Gasteiger partial charge is 0.465 e. The number of aryl methyl sites for hydroxylation is 1. The number of amides is 1. The summed E-state index contributed by atoms with van der Waals surface area (Å²) >= 11 is 12.8. The van der Waals surface area contributed by atoms with Crippen molar-refractivity contribution in [1.29, 1.82) is 0 Å². The van der Waals surface area contributed by atoms with Gasteiger partial charge in [-0.15, -0.1) is 5.10 Å². The number of imidazole rings is 1. The molecule has 1 aliphatic rings. The Morgan fingerprint density at radius 1 is 1.11 bits per heavy atom. The first-order chi connectivity index (χ1) is 18.0. The van der Waals surface area contributed by atoms with E-state index in [2.05, 4.69) is 31.9 Å². The third-order valence-electron chi connectivity index (χ3n) is 6.32. The van der Waals surface area contributed by atoms with E-state index in [-0.39, 0.29) is 5.92 Å². The van der Waals surface area contributed by atoms with Crippen LogP contribution in [0.4, 0.5) is 10.5 Å². The number of anilines is 1. The van der Waals surface area contributed by atoms with E-state index in [1.165, 1.54) is 6.33 Å². The number of aromatic nitrogens is 7. The highest BCUT2D eigenvalue weighted by Crippen LogP contribution is 2.40. The first-order valence-electron chi connectivity index (χ1n) is 11.3. The van der Waals surface area contributed by atoms with Crippen molar-refractivity contribution in [3.8, 4) is 28.1 Å². The van der Waals surface area contributed by atoms with Crippen molar-refractivity contribution in [2.75, 3.05) is 5.32 Å². The lowest BCUT2D eigenvalue weighted by atomic mass is 10.0. The minimum absolute atomic E-state index is 0.0263. The summed E-state index contributed by atoms with van der Waals surface area (Å²) in [6.07, 6.45) is 3.93. The van der Waals surface area contributed by atoms with Crippen LogP contribution in [0.25, 0.3) is 28.1 Å². The predicted octanol–water partition coefficient (Wildman–Crippen LogP) is 5.59. The Morgan fingerprint density at radius 3 is 2.70 bits per heavy atom. The molecule has 5 aromatic rings. The van der Waals surface area contributed by atoms with Crippen molar-refractivity contribution >= 4 is 35.0 Å². The fourth-order valence-corrected chi connectivity index (χ4v) is 5.08. The molecule has 12 heteroatoms. The van der Waals surface area contributed by atoms with E-state index in [4.69, 9.17) is 38.3 Å². The number of fused-ring (bicyclic) bond motifs is 1. The summed E-state index contributed by atoms with van der Waals surface area (Å²) in [5.74, 6) is 0.713. The second kappa shape index (κ2) is 9.30. The summed E-state index contributed by atoms with van der Waals surface area (Å²) < 4.78 is 1.60. The van der Waals surface area contributed by atoms with Crippen LogP contribution in [0.15, 0.2) is 61.1 Å². The zero-order valence-electron chi connectivity index (χ0n) is 19.1. The average Bonchev–Trinajstić information content (AvgIpc) is 3.64. The normalized spacial score (nSPS) is 14.5. The van der Waals surface area contributed by atoms with E-state index < -0.39 is 6.09 Å². The molecule has 1 atom stereocenters. The Morgan fingerprint density at radius 2 is 1.95 bits per heavy atom. The van der Waals surface area contributed by atoms with Crippen molar-refractivity contribution in [2.24, 2.45) is 0 Å². The standard InChI is InChI=1S/C25H18Cl2N8O2/c26-16-4-8-20(35-12-29-33-34-35)19(10-16)15-9-14-3-7-18(21(14)28-11-15)24-31-22(23(27)32-24)13-1-5-17(6-2-13)30-25(36)37/h1-2,4-6,8-12,18,30H,3,7H2,(H,31,32)(H,36,37). The van der Waals surface area contributed by atoms with Gasteiger partial charge in [0.1, 0.15) is 23.0 Å². The van der Waals surface area contributed by atoms with Gasteiger partial charge < -0.3 is 10.1 Å². The molecule has 37 heavy (non-hydrogen) atoms. The van der Waals surface area contributed by atoms with E-state index in [9.17, 15) is 4.79 Å². The zero-order valence-corrected chi connectivity index (χ0v) is 20.6. The number of nitrogens with one attached hydrogen (secondary N) is 2. The highest BCUT2D eigenvalue weighted by molar-refractivity contribution is 6.32. The fourth-order valence-electron chi connectivity index (χ4n) is 4.66. The minimum atomic E-state index is -1.12. The number of carbonyl (C=O) groups is 1. The van der Waals surface area contributed by atoms with Crippen molar-refractivity contribution in [2.45, 2.75) is 18.8 Å². The summed E-state index contributed by atoms with van der Waals surface area (Å²) in [6.45, 7) is 0. The first kappa shape index (κ1) is 23.1. The number of pyridine rings is 1. The number of hydrogen-bond donors (Lipinski definition) is 3. The van der Waals surface area contributed by atoms with Crippen LogP contribution >= 0.6 is 23.2 Å². The van der Waals surface area contributed by atoms with Crippen LogP contribution in [0.5, 0.6) is 0 Å². The molecular formula is C25H18Cl2N8O2. The quantitative estimate of drug-likeness (QED) is 0.268. The molecule has 0 radical (unpaired) electrons. The molecule has 1 unspecified atom stereocenters. The highest BCUT2D eigenvalue weighted by atomic mass is 35.5. The van der Waals surface area contributed by atoms with Gasteiger partial charge in [0, 0.05) is 33.6 Å². The van der Waals surface area contributed by atoms with Crippen molar-refractivity contribution in [3.63, 3.8) is 0 Å². The summed E-state index contributed by atoms with van der Waals surface area (Å²) in [7, 11) is 0. The number of aromatic amines is 1. The maximum absolute atomic E-state index is 10.8. The van der Waals surface area contributed by atoms with E-state index in [0.717, 1.165) is 52.3 Å². The monoisotopic (exact) mass is 532 g/mol. The van der Waals surface area contributed by atoms with Crippen LogP contribution in [0.1, 0.15) is 29.4 Å². The third-order valence-corrected chi connectivity index (χ3v) is 6.83. The molecule has 6 rings (SSSR count). The SMILES string of the molecule is O=C(O)Nc1ccc(-c2nc(C3CCc4cc(-c5cc(Cl)ccc5-n5cnnn5)cnc43)[nH]c2Cl)cc1. The van der Waals surface area contributed by atoms with E-state index in [1.54, 1.807) is 35.0 Å². The van der Waals surface area contributed by atoms with Gasteiger partial charge in [-0.1, -0.05) is 35.3 Å². The number of nitrogens with zero attached hydrogens (tertiary/aromatic N) is 6. The summed E-state index contributed by atoms with van der Waals surface area (Å²) in [4.78, 5) is 23.7. The van der Waals surface area contributed by atoms with Crippen molar-refractivity contribution in [3.05, 3.63) is 88.3 Å². The molecule has 2 aromatic carbocycles. The molecule has 0 saturated carbocycles. The lowest BCUT2D eigenvalue weighted by molar-refractivity contribution is 0.209. The maximum Gasteiger partial charge on any atom is 0.409 e. The molecule has 0 bridgehead atoms. The number of benzene rings is 2. The van der Waals surface area contributed by atoms with Crippen LogP contribution < -0.4 is 5.32 Å². The molecule has 3 heterocycles. The van der Waals surface area contributed by atoms with E-state index >= 15 is 0 Å². The number of hydrogen-bond acceptors (Lipinski definition) is 6. The topological polar surface area (TPSA) is 134 Å². The van der Waals surface area contributed by atoms with Crippen molar-refractivity contribution < 1.29 is 9.90 Å². The lowest BCUT2D eigenvalue weighted by Gasteiger charge is -2.12. The zero-order chi connectivity index (χ0) is 25.5. The van der Waals surface area contributed by atoms with Crippen LogP contribution in [0.3, 0.4) is 0 Å². The maximum atomic E-state index is 10.8. The second-order valence-corrected chi connectivity index (χ2v) is 9.38. The Hall–Kier alpha value is -4.28. The van der Waals surface area contributed by atoms with Gasteiger partial charge in [0.15, 0.2) is 0 Å². The molecule has 3 aromatic heterocycles. The van der Waals surface area contributed by atoms with E-state index in [0.29, 0.717) is 21.6 Å². The number of H-pyrrole nitrogens is 1. The van der Waals surface area contributed by atoms with E-state index in [1.807, 2.05) is 18.3 Å². The van der Waals surface area contributed by atoms with Gasteiger partial charge in [-0.25, -0.2) is 9.78 Å². The Bertz CT molecular complexity index is 1620. The Kier molecular flexibility index (Phi) is 5.82. The molecule has 1 aliphatic carbocycles. The molecule has 0 saturated heterocycles. The van der Waals surface area contributed by atoms with Crippen LogP contribution in [0, 0.1) is 0 Å². The second-order valence-electron chi connectivity index (χ2n) is 8.57. The van der Waals surface area contributed by atoms with Gasteiger partial charge in [-0.05, 0) is 65.2 Å². The van der Waals surface area contributed by atoms with Gasteiger partial charge in [-0.2, -0.15) is 4.68 Å². The molecule has 0 aliphatic heterocycles. The average molecular weight is 533 g/mol. The van der Waals surface area contributed by atoms with Crippen molar-refractivity contribution in [1.82, 2.24) is 35.2 Å². The summed E-state index contributed by atoms with van der Waals surface area (Å²) in [5.41, 5.74) is 6.53. The van der Waals surface area contributed by atoms with Gasteiger partial charge in [0.2, 0.25) is 0 Å². The highest BCUT2D eigenvalue weighted by Gasteiger charge is 2.29. The minimum Gasteiger partial charge on any atom is -0.465 e. The van der Waals surface area contributed by atoms with Crippen LogP contribution in [-0.4, -0.2) is 46.4 Å². The Balaban J connectivity index is 1.31. The molecule has 10 nitrogen and oxygen atoms in total. The molecule has 3 N–H and O–H groups in total. The van der Waals surface area contributed by atoms with Gasteiger partial charge in [0.25, 0.3) is 0 Å². The summed E-state index contributed by atoms with van der Waals surface area (Å²) in [6, 6.07) is 14.6. The molecule has 0 fully saturated rings. The van der Waals surface area contributed by atoms with Crippen LogP contribution in [-0.2, 0) is 6.42 Å². The lowest BCUT2D eigenvalue weighted by Crippen LogP contribution is -2.06. The number of halogens is 2. The number of tetrazole rings is 1. The molecule has 0 spiro atoms. The first-order valence-corrected chi connectivity index (χ1v) is 12.1. The number of rotatable bonds is 5. The van der Waals surface area contributed by atoms with Gasteiger partial charge >= 0.3 is 6.09 Å². The summed E-state index contributed by atoms with van der Waals surface area (Å²) in [5, 5.41) is 23.7. The molecule has 1 amide bonds. The number of carboxylic acid groups (broad SMARTS) is 1. The van der Waals surface area contributed by atoms with Crippen LogP contribution in [0.2, 0.25) is 10.2 Å². The predicted molar refractivity (Wildman–Crippen MR) is 138 cm³/mol. The fraction of sp³-hybridized carbons (Fsp3) is 0.120. The molecule has 184 valence electrons. The van der Waals surface area contributed by atoms with Gasteiger partial charge in [-0.3, -0.25) is 10.3 Å².